The summed E-state index contributed by atoms with van der Waals surface area (Å²) >= 11 is 0. The van der Waals surface area contributed by atoms with Crippen molar-refractivity contribution in [2.45, 2.75) is 50.7 Å². The number of hydrogen-bond acceptors (Lipinski definition) is 3. The first kappa shape index (κ1) is 12.4. The van der Waals surface area contributed by atoms with Crippen LogP contribution in [0.5, 0.6) is 0 Å². The lowest BCUT2D eigenvalue weighted by Gasteiger charge is -2.26. The first-order valence-corrected chi connectivity index (χ1v) is 7.44. The second-order valence-electron chi connectivity index (χ2n) is 5.98. The lowest BCUT2D eigenvalue weighted by atomic mass is 10.1. The maximum atomic E-state index is 12.2. The predicted molar refractivity (Wildman–Crippen MR) is 69.3 cm³/mol. The SMILES string of the molecule is O=C(COC1CCNCC1)N(CC1CC1)C1CC1. The van der Waals surface area contributed by atoms with Crippen molar-refractivity contribution >= 4 is 5.91 Å². The van der Waals surface area contributed by atoms with Gasteiger partial charge in [0.15, 0.2) is 0 Å². The molecular formula is C14H24N2O2. The molecule has 1 heterocycles. The van der Waals surface area contributed by atoms with E-state index in [2.05, 4.69) is 10.2 Å². The number of amides is 1. The first-order valence-electron chi connectivity index (χ1n) is 7.44. The Morgan fingerprint density at radius 1 is 1.11 bits per heavy atom. The molecule has 0 atom stereocenters. The highest BCUT2D eigenvalue weighted by atomic mass is 16.5. The molecule has 3 fully saturated rings. The number of carbonyl (C=O) groups excluding carboxylic acids is 1. The van der Waals surface area contributed by atoms with E-state index in [0.717, 1.165) is 38.4 Å². The fourth-order valence-electron chi connectivity index (χ4n) is 2.65. The monoisotopic (exact) mass is 252 g/mol. The Balaban J connectivity index is 1.43. The minimum Gasteiger partial charge on any atom is -0.368 e. The maximum Gasteiger partial charge on any atom is 0.248 e. The second kappa shape index (κ2) is 5.57. The zero-order valence-electron chi connectivity index (χ0n) is 11.1. The summed E-state index contributed by atoms with van der Waals surface area (Å²) < 4.78 is 5.77. The van der Waals surface area contributed by atoms with Crippen molar-refractivity contribution in [3.05, 3.63) is 0 Å². The highest BCUT2D eigenvalue weighted by Gasteiger charge is 2.36. The average molecular weight is 252 g/mol. The Kier molecular flexibility index (Phi) is 3.85. The van der Waals surface area contributed by atoms with Gasteiger partial charge >= 0.3 is 0 Å². The van der Waals surface area contributed by atoms with E-state index in [4.69, 9.17) is 4.74 Å². The molecular weight excluding hydrogens is 228 g/mol. The normalized spacial score (nSPS) is 25.1. The highest BCUT2D eigenvalue weighted by Crippen LogP contribution is 2.34. The molecule has 2 aliphatic carbocycles. The van der Waals surface area contributed by atoms with Crippen LogP contribution in [0.3, 0.4) is 0 Å². The maximum absolute atomic E-state index is 12.2. The molecule has 0 aromatic carbocycles. The Morgan fingerprint density at radius 3 is 2.44 bits per heavy atom. The van der Waals surface area contributed by atoms with Crippen molar-refractivity contribution in [2.75, 3.05) is 26.2 Å². The van der Waals surface area contributed by atoms with Crippen LogP contribution in [0.15, 0.2) is 0 Å². The number of piperidine rings is 1. The third-order valence-electron chi connectivity index (χ3n) is 4.19. The molecule has 0 unspecified atom stereocenters. The zero-order chi connectivity index (χ0) is 12.4. The van der Waals surface area contributed by atoms with Crippen molar-refractivity contribution in [3.8, 4) is 0 Å². The van der Waals surface area contributed by atoms with E-state index in [1.165, 1.54) is 25.7 Å². The summed E-state index contributed by atoms with van der Waals surface area (Å²) in [5, 5.41) is 3.31. The lowest BCUT2D eigenvalue weighted by molar-refractivity contribution is -0.139. The summed E-state index contributed by atoms with van der Waals surface area (Å²) in [5.41, 5.74) is 0. The van der Waals surface area contributed by atoms with Gasteiger partial charge in [0.1, 0.15) is 6.61 Å². The molecule has 102 valence electrons. The van der Waals surface area contributed by atoms with Crippen LogP contribution in [0.2, 0.25) is 0 Å². The number of ether oxygens (including phenoxy) is 1. The van der Waals surface area contributed by atoms with Crippen molar-refractivity contribution in [2.24, 2.45) is 5.92 Å². The number of nitrogens with one attached hydrogen (secondary N) is 1. The van der Waals surface area contributed by atoms with Gasteiger partial charge in [0.2, 0.25) is 5.91 Å². The van der Waals surface area contributed by atoms with Crippen molar-refractivity contribution in [1.82, 2.24) is 10.2 Å². The Labute approximate surface area is 109 Å². The van der Waals surface area contributed by atoms with Crippen molar-refractivity contribution in [1.29, 1.82) is 0 Å². The Morgan fingerprint density at radius 2 is 1.83 bits per heavy atom. The van der Waals surface area contributed by atoms with Crippen molar-refractivity contribution in [3.63, 3.8) is 0 Å². The molecule has 3 aliphatic rings. The summed E-state index contributed by atoms with van der Waals surface area (Å²) in [6.45, 7) is 3.33. The number of rotatable bonds is 6. The van der Waals surface area contributed by atoms with E-state index in [0.29, 0.717) is 12.6 Å². The quantitative estimate of drug-likeness (QED) is 0.771. The van der Waals surface area contributed by atoms with E-state index in [9.17, 15) is 4.79 Å². The van der Waals surface area contributed by atoms with Gasteiger partial charge in [0, 0.05) is 12.6 Å². The summed E-state index contributed by atoms with van der Waals surface area (Å²) in [6.07, 6.45) is 7.39. The zero-order valence-corrected chi connectivity index (χ0v) is 11.1. The van der Waals surface area contributed by atoms with Gasteiger partial charge in [-0.05, 0) is 57.5 Å². The molecule has 0 bridgehead atoms. The lowest BCUT2D eigenvalue weighted by Crippen LogP contribution is -2.40. The van der Waals surface area contributed by atoms with E-state index in [-0.39, 0.29) is 12.0 Å². The van der Waals surface area contributed by atoms with Crippen LogP contribution in [0.4, 0.5) is 0 Å². The molecule has 0 aromatic heterocycles. The van der Waals surface area contributed by atoms with Gasteiger partial charge in [0.25, 0.3) is 0 Å². The van der Waals surface area contributed by atoms with Crippen LogP contribution in [-0.4, -0.2) is 49.2 Å². The largest absolute Gasteiger partial charge is 0.368 e. The van der Waals surface area contributed by atoms with Gasteiger partial charge in [-0.2, -0.15) is 0 Å². The van der Waals surface area contributed by atoms with Crippen molar-refractivity contribution < 1.29 is 9.53 Å². The van der Waals surface area contributed by atoms with E-state index >= 15 is 0 Å². The fourth-order valence-corrected chi connectivity index (χ4v) is 2.65. The second-order valence-corrected chi connectivity index (χ2v) is 5.98. The number of hydrogen-bond donors (Lipinski definition) is 1. The third kappa shape index (κ3) is 3.45. The predicted octanol–water partition coefficient (Wildman–Crippen LogP) is 1.16. The van der Waals surface area contributed by atoms with Gasteiger partial charge in [-0.1, -0.05) is 0 Å². The van der Waals surface area contributed by atoms with Gasteiger partial charge in [-0.3, -0.25) is 4.79 Å². The summed E-state index contributed by atoms with van der Waals surface area (Å²) in [5.74, 6) is 1.01. The van der Waals surface area contributed by atoms with Crippen LogP contribution in [-0.2, 0) is 9.53 Å². The molecule has 4 heteroatoms. The van der Waals surface area contributed by atoms with E-state index < -0.39 is 0 Å². The fraction of sp³-hybridized carbons (Fsp3) is 0.929. The molecule has 18 heavy (non-hydrogen) atoms. The van der Waals surface area contributed by atoms with Gasteiger partial charge in [-0.25, -0.2) is 0 Å². The standard InChI is InChI=1S/C14H24N2O2/c17-14(10-18-13-5-7-15-8-6-13)16(12-3-4-12)9-11-1-2-11/h11-13,15H,1-10H2. The molecule has 0 spiro atoms. The highest BCUT2D eigenvalue weighted by molar-refractivity contribution is 5.78. The van der Waals surface area contributed by atoms with Gasteiger partial charge < -0.3 is 15.0 Å². The summed E-state index contributed by atoms with van der Waals surface area (Å²) in [7, 11) is 0. The summed E-state index contributed by atoms with van der Waals surface area (Å²) in [4.78, 5) is 14.3. The molecule has 1 aliphatic heterocycles. The molecule has 1 amide bonds. The van der Waals surface area contributed by atoms with E-state index in [1.54, 1.807) is 0 Å². The smallest absolute Gasteiger partial charge is 0.248 e. The van der Waals surface area contributed by atoms with Crippen LogP contribution < -0.4 is 5.32 Å². The van der Waals surface area contributed by atoms with Crippen LogP contribution in [0.1, 0.15) is 38.5 Å². The molecule has 4 nitrogen and oxygen atoms in total. The molecule has 3 rings (SSSR count). The minimum absolute atomic E-state index is 0.225. The number of carbonyl (C=O) groups is 1. The Hall–Kier alpha value is -0.610. The summed E-state index contributed by atoms with van der Waals surface area (Å²) in [6, 6.07) is 0.537. The molecule has 0 radical (unpaired) electrons. The van der Waals surface area contributed by atoms with Crippen LogP contribution >= 0.6 is 0 Å². The third-order valence-corrected chi connectivity index (χ3v) is 4.19. The topological polar surface area (TPSA) is 41.6 Å². The van der Waals surface area contributed by atoms with Crippen LogP contribution in [0, 0.1) is 5.92 Å². The van der Waals surface area contributed by atoms with E-state index in [1.807, 2.05) is 0 Å². The average Bonchev–Trinajstić information content (AvgIpc) is 3.28. The molecule has 2 saturated carbocycles. The number of nitrogens with zero attached hydrogens (tertiary/aromatic N) is 1. The van der Waals surface area contributed by atoms with Gasteiger partial charge in [-0.15, -0.1) is 0 Å². The minimum atomic E-state index is 0.225. The molecule has 1 N–H and O–H groups in total. The first-order chi connectivity index (χ1) is 8.83. The Bertz CT molecular complexity index is 294. The molecule has 1 saturated heterocycles. The molecule has 0 aromatic rings. The van der Waals surface area contributed by atoms with Gasteiger partial charge in [0.05, 0.1) is 6.10 Å². The van der Waals surface area contributed by atoms with Crippen LogP contribution in [0.25, 0.3) is 0 Å².